The number of hydrogen-bond donors (Lipinski definition) is 2. The van der Waals surface area contributed by atoms with Crippen molar-refractivity contribution in [3.05, 3.63) is 27.5 Å². The van der Waals surface area contributed by atoms with Crippen molar-refractivity contribution in [3.63, 3.8) is 0 Å². The van der Waals surface area contributed by atoms with Crippen LogP contribution in [0.1, 0.15) is 11.1 Å². The van der Waals surface area contributed by atoms with Crippen molar-refractivity contribution >= 4 is 21.9 Å². The molecule has 0 aliphatic carbocycles. The standard InChI is InChI=1S/C9H7BrF3NO4/c10-3-5-1-4(2-6(15)16)7(17)14-8(5)18-9(11,12)13/h1H,2-3H2,(H,14,17)(H,15,16). The Labute approximate surface area is 107 Å². The first-order valence-electron chi connectivity index (χ1n) is 4.51. The fraction of sp³-hybridized carbons (Fsp3) is 0.333. The minimum atomic E-state index is -4.94. The maximum Gasteiger partial charge on any atom is 0.574 e. The number of carboxylic acid groups (broad SMARTS) is 1. The lowest BCUT2D eigenvalue weighted by molar-refractivity contribution is -0.276. The molecule has 0 aliphatic heterocycles. The van der Waals surface area contributed by atoms with Crippen molar-refractivity contribution in [2.75, 3.05) is 0 Å². The van der Waals surface area contributed by atoms with Crippen LogP contribution in [0.2, 0.25) is 0 Å². The summed E-state index contributed by atoms with van der Waals surface area (Å²) in [4.78, 5) is 23.7. The molecule has 0 aliphatic rings. The molecule has 9 heteroatoms. The average molecular weight is 330 g/mol. The number of aromatic nitrogens is 1. The summed E-state index contributed by atoms with van der Waals surface area (Å²) < 4.78 is 39.8. The van der Waals surface area contributed by atoms with Gasteiger partial charge in [-0.25, -0.2) is 0 Å². The van der Waals surface area contributed by atoms with Gasteiger partial charge in [-0.05, 0) is 6.07 Å². The Kier molecular flexibility index (Phi) is 4.38. The summed E-state index contributed by atoms with van der Waals surface area (Å²) >= 11 is 2.92. The SMILES string of the molecule is O=C(O)Cc1cc(CBr)c(OC(F)(F)F)[nH]c1=O. The Morgan fingerprint density at radius 1 is 1.44 bits per heavy atom. The Morgan fingerprint density at radius 3 is 2.50 bits per heavy atom. The number of rotatable bonds is 4. The molecule has 1 heterocycles. The Morgan fingerprint density at radius 2 is 2.06 bits per heavy atom. The van der Waals surface area contributed by atoms with Crippen LogP contribution in [0, 0.1) is 0 Å². The number of nitrogens with one attached hydrogen (secondary N) is 1. The third kappa shape index (κ3) is 4.06. The van der Waals surface area contributed by atoms with Crippen LogP contribution in [0.5, 0.6) is 5.88 Å². The van der Waals surface area contributed by atoms with E-state index in [4.69, 9.17) is 5.11 Å². The van der Waals surface area contributed by atoms with Crippen molar-refractivity contribution in [1.29, 1.82) is 0 Å². The number of H-pyrrole nitrogens is 1. The normalized spacial score (nSPS) is 11.3. The van der Waals surface area contributed by atoms with Gasteiger partial charge in [0.1, 0.15) is 0 Å². The van der Waals surface area contributed by atoms with E-state index in [9.17, 15) is 22.8 Å². The van der Waals surface area contributed by atoms with Gasteiger partial charge >= 0.3 is 12.3 Å². The second-order valence-electron chi connectivity index (χ2n) is 3.23. The van der Waals surface area contributed by atoms with Gasteiger partial charge in [-0.3, -0.25) is 14.6 Å². The van der Waals surface area contributed by atoms with Crippen LogP contribution in [0.3, 0.4) is 0 Å². The van der Waals surface area contributed by atoms with Crippen LogP contribution in [0.4, 0.5) is 13.2 Å². The molecule has 0 spiro atoms. The van der Waals surface area contributed by atoms with Gasteiger partial charge in [-0.15, -0.1) is 13.2 Å². The van der Waals surface area contributed by atoms with Gasteiger partial charge in [0.15, 0.2) is 0 Å². The first-order chi connectivity index (χ1) is 8.23. The highest BCUT2D eigenvalue weighted by molar-refractivity contribution is 9.08. The molecule has 1 aromatic rings. The number of carboxylic acids is 1. The Hall–Kier alpha value is -1.51. The van der Waals surface area contributed by atoms with Gasteiger partial charge in [-0.2, -0.15) is 0 Å². The van der Waals surface area contributed by atoms with E-state index in [0.717, 1.165) is 6.07 Å². The van der Waals surface area contributed by atoms with Crippen LogP contribution in [0.25, 0.3) is 0 Å². The molecule has 0 atom stereocenters. The highest BCUT2D eigenvalue weighted by atomic mass is 79.9. The number of halogens is 4. The van der Waals surface area contributed by atoms with Crippen LogP contribution in [0.15, 0.2) is 10.9 Å². The number of ether oxygens (including phenoxy) is 1. The van der Waals surface area contributed by atoms with E-state index in [-0.39, 0.29) is 16.5 Å². The fourth-order valence-corrected chi connectivity index (χ4v) is 1.62. The molecule has 0 radical (unpaired) electrons. The number of pyridine rings is 1. The van der Waals surface area contributed by atoms with Crippen molar-refractivity contribution < 1.29 is 27.8 Å². The van der Waals surface area contributed by atoms with Crippen molar-refractivity contribution in [2.45, 2.75) is 18.1 Å². The first-order valence-corrected chi connectivity index (χ1v) is 5.63. The van der Waals surface area contributed by atoms with E-state index in [2.05, 4.69) is 20.7 Å². The molecule has 0 aromatic carbocycles. The molecule has 18 heavy (non-hydrogen) atoms. The monoisotopic (exact) mass is 329 g/mol. The lowest BCUT2D eigenvalue weighted by Gasteiger charge is -2.12. The van der Waals surface area contributed by atoms with Crippen LogP contribution in [-0.2, 0) is 16.5 Å². The summed E-state index contributed by atoms with van der Waals surface area (Å²) in [5.74, 6) is -2.01. The van der Waals surface area contributed by atoms with Crippen LogP contribution < -0.4 is 10.3 Å². The Balaban J connectivity index is 3.18. The van der Waals surface area contributed by atoms with E-state index in [1.807, 2.05) is 4.98 Å². The van der Waals surface area contributed by atoms with Crippen molar-refractivity contribution in [3.8, 4) is 5.88 Å². The van der Waals surface area contributed by atoms with Gasteiger partial charge in [-0.1, -0.05) is 15.9 Å². The first kappa shape index (κ1) is 14.6. The summed E-state index contributed by atoms with van der Waals surface area (Å²) in [6.07, 6.45) is -5.52. The predicted molar refractivity (Wildman–Crippen MR) is 57.7 cm³/mol. The quantitative estimate of drug-likeness (QED) is 0.825. The molecule has 0 unspecified atom stereocenters. The van der Waals surface area contributed by atoms with Gasteiger partial charge in [0, 0.05) is 16.5 Å². The maximum atomic E-state index is 12.0. The second-order valence-corrected chi connectivity index (χ2v) is 3.79. The lowest BCUT2D eigenvalue weighted by atomic mass is 10.1. The van der Waals surface area contributed by atoms with E-state index in [0.29, 0.717) is 0 Å². The highest BCUT2D eigenvalue weighted by Crippen LogP contribution is 2.25. The minimum absolute atomic E-state index is 0.00294. The van der Waals surface area contributed by atoms with Gasteiger partial charge in [0.25, 0.3) is 5.56 Å². The van der Waals surface area contributed by atoms with Crippen molar-refractivity contribution in [1.82, 2.24) is 4.98 Å². The molecule has 0 amide bonds. The smallest absolute Gasteiger partial charge is 0.481 e. The number of aromatic amines is 1. The number of hydrogen-bond acceptors (Lipinski definition) is 3. The topological polar surface area (TPSA) is 79.4 Å². The zero-order valence-corrected chi connectivity index (χ0v) is 10.3. The largest absolute Gasteiger partial charge is 0.574 e. The zero-order valence-electron chi connectivity index (χ0n) is 8.68. The molecule has 2 N–H and O–H groups in total. The second kappa shape index (κ2) is 5.42. The highest BCUT2D eigenvalue weighted by Gasteiger charge is 2.32. The van der Waals surface area contributed by atoms with Gasteiger partial charge in [0.05, 0.1) is 6.42 Å². The van der Waals surface area contributed by atoms with E-state index in [1.54, 1.807) is 0 Å². The van der Waals surface area contributed by atoms with Crippen molar-refractivity contribution in [2.24, 2.45) is 0 Å². The summed E-state index contributed by atoms with van der Waals surface area (Å²) in [6, 6.07) is 1.06. The summed E-state index contributed by atoms with van der Waals surface area (Å²) in [7, 11) is 0. The molecular formula is C9H7BrF3NO4. The molecule has 100 valence electrons. The molecular weight excluding hydrogens is 323 g/mol. The summed E-state index contributed by atoms with van der Waals surface area (Å²) in [5.41, 5.74) is -1.07. The van der Waals surface area contributed by atoms with E-state index >= 15 is 0 Å². The molecule has 0 bridgehead atoms. The van der Waals surface area contributed by atoms with E-state index in [1.165, 1.54) is 0 Å². The van der Waals surface area contributed by atoms with Gasteiger partial charge in [0.2, 0.25) is 5.88 Å². The van der Waals surface area contributed by atoms with Crippen LogP contribution >= 0.6 is 15.9 Å². The molecule has 0 saturated carbocycles. The maximum absolute atomic E-state index is 12.0. The lowest BCUT2D eigenvalue weighted by Crippen LogP contribution is -2.23. The number of alkyl halides is 4. The molecule has 5 nitrogen and oxygen atoms in total. The summed E-state index contributed by atoms with van der Waals surface area (Å²) in [6.45, 7) is 0. The third-order valence-corrected chi connectivity index (χ3v) is 2.47. The Bertz CT molecular complexity index is 512. The molecule has 0 fully saturated rings. The zero-order chi connectivity index (χ0) is 13.9. The van der Waals surface area contributed by atoms with E-state index < -0.39 is 30.2 Å². The number of carbonyl (C=O) groups is 1. The molecule has 1 rings (SSSR count). The van der Waals surface area contributed by atoms with Gasteiger partial charge < -0.3 is 9.84 Å². The average Bonchev–Trinajstić information content (AvgIpc) is 2.19. The molecule has 1 aromatic heterocycles. The fourth-order valence-electron chi connectivity index (χ4n) is 1.21. The van der Waals surface area contributed by atoms with Crippen LogP contribution in [-0.4, -0.2) is 22.4 Å². The molecule has 0 saturated heterocycles. The third-order valence-electron chi connectivity index (χ3n) is 1.86. The summed E-state index contributed by atoms with van der Waals surface area (Å²) in [5, 5.41) is 8.51. The number of aliphatic carboxylic acids is 1. The minimum Gasteiger partial charge on any atom is -0.481 e. The predicted octanol–water partition coefficient (Wildman–Crippen LogP) is 1.80.